The van der Waals surface area contributed by atoms with Crippen molar-refractivity contribution in [2.45, 2.75) is 37.8 Å². The lowest BCUT2D eigenvalue weighted by Crippen LogP contribution is -2.28. The fourth-order valence-corrected chi connectivity index (χ4v) is 2.33. The summed E-state index contributed by atoms with van der Waals surface area (Å²) in [6, 6.07) is 5.90. The van der Waals surface area contributed by atoms with E-state index in [2.05, 4.69) is 5.32 Å². The highest BCUT2D eigenvalue weighted by molar-refractivity contribution is 6.37. The molecular weight excluding hydrogens is 220 g/mol. The SMILES string of the molecule is [B]c1ccc(NC2CCC(O)CC2)c(Cl)c1. The van der Waals surface area contributed by atoms with E-state index < -0.39 is 0 Å². The fourth-order valence-electron chi connectivity index (χ4n) is 2.09. The van der Waals surface area contributed by atoms with Gasteiger partial charge in [-0.15, -0.1) is 0 Å². The summed E-state index contributed by atoms with van der Waals surface area (Å²) in [6.45, 7) is 0. The molecular formula is C12H15BClNO. The van der Waals surface area contributed by atoms with Crippen molar-refractivity contribution in [1.82, 2.24) is 0 Å². The van der Waals surface area contributed by atoms with E-state index >= 15 is 0 Å². The Hall–Kier alpha value is -0.665. The van der Waals surface area contributed by atoms with Crippen LogP contribution in [0.4, 0.5) is 5.69 Å². The van der Waals surface area contributed by atoms with Crippen LogP contribution in [0, 0.1) is 0 Å². The first-order valence-electron chi connectivity index (χ1n) is 5.65. The van der Waals surface area contributed by atoms with Crippen molar-refractivity contribution in [2.75, 3.05) is 5.32 Å². The monoisotopic (exact) mass is 235 g/mol. The Kier molecular flexibility index (Phi) is 3.77. The molecule has 1 saturated carbocycles. The maximum absolute atomic E-state index is 9.41. The molecule has 0 aliphatic heterocycles. The van der Waals surface area contributed by atoms with E-state index in [-0.39, 0.29) is 6.10 Å². The number of nitrogens with one attached hydrogen (secondary N) is 1. The predicted molar refractivity (Wildman–Crippen MR) is 68.7 cm³/mol. The average molecular weight is 236 g/mol. The molecule has 1 fully saturated rings. The lowest BCUT2D eigenvalue weighted by molar-refractivity contribution is 0.126. The van der Waals surface area contributed by atoms with E-state index in [1.54, 1.807) is 6.07 Å². The molecule has 0 spiro atoms. The second kappa shape index (κ2) is 5.11. The van der Waals surface area contributed by atoms with E-state index in [4.69, 9.17) is 19.4 Å². The van der Waals surface area contributed by atoms with Crippen molar-refractivity contribution in [1.29, 1.82) is 0 Å². The van der Waals surface area contributed by atoms with Gasteiger partial charge in [0, 0.05) is 6.04 Å². The summed E-state index contributed by atoms with van der Waals surface area (Å²) in [6.07, 6.45) is 3.58. The third kappa shape index (κ3) is 2.93. The van der Waals surface area contributed by atoms with Crippen LogP contribution >= 0.6 is 11.6 Å². The first-order chi connectivity index (χ1) is 7.65. The average Bonchev–Trinajstić information content (AvgIpc) is 2.25. The van der Waals surface area contributed by atoms with Gasteiger partial charge in [0.1, 0.15) is 7.85 Å². The number of halogens is 1. The molecule has 1 aromatic rings. The van der Waals surface area contributed by atoms with Gasteiger partial charge in [0.05, 0.1) is 16.8 Å². The highest BCUT2D eigenvalue weighted by atomic mass is 35.5. The van der Waals surface area contributed by atoms with Gasteiger partial charge >= 0.3 is 0 Å². The Morgan fingerprint density at radius 3 is 2.56 bits per heavy atom. The number of rotatable bonds is 2. The van der Waals surface area contributed by atoms with Crippen molar-refractivity contribution in [3.05, 3.63) is 23.2 Å². The number of hydrogen-bond acceptors (Lipinski definition) is 2. The zero-order valence-electron chi connectivity index (χ0n) is 9.12. The molecule has 0 amide bonds. The van der Waals surface area contributed by atoms with Crippen molar-refractivity contribution in [3.63, 3.8) is 0 Å². The maximum Gasteiger partial charge on any atom is 0.113 e. The number of anilines is 1. The smallest absolute Gasteiger partial charge is 0.113 e. The van der Waals surface area contributed by atoms with Gasteiger partial charge < -0.3 is 10.4 Å². The Morgan fingerprint density at radius 1 is 1.25 bits per heavy atom. The maximum atomic E-state index is 9.41. The van der Waals surface area contributed by atoms with Crippen LogP contribution in [-0.2, 0) is 0 Å². The zero-order chi connectivity index (χ0) is 11.5. The summed E-state index contributed by atoms with van der Waals surface area (Å²) in [5.74, 6) is 0. The molecule has 0 aromatic heterocycles. The molecule has 2 N–H and O–H groups in total. The fraction of sp³-hybridized carbons (Fsp3) is 0.500. The summed E-state index contributed by atoms with van der Waals surface area (Å²) in [7, 11) is 5.63. The predicted octanol–water partition coefficient (Wildman–Crippen LogP) is 1.85. The highest BCUT2D eigenvalue weighted by Gasteiger charge is 2.19. The van der Waals surface area contributed by atoms with Gasteiger partial charge in [-0.05, 0) is 37.8 Å². The third-order valence-corrected chi connectivity index (χ3v) is 3.36. The Labute approximate surface area is 102 Å². The van der Waals surface area contributed by atoms with Crippen LogP contribution in [0.1, 0.15) is 25.7 Å². The minimum absolute atomic E-state index is 0.125. The first kappa shape index (κ1) is 11.8. The molecule has 1 aliphatic rings. The largest absolute Gasteiger partial charge is 0.393 e. The highest BCUT2D eigenvalue weighted by Crippen LogP contribution is 2.25. The van der Waals surface area contributed by atoms with Crippen molar-refractivity contribution in [3.8, 4) is 0 Å². The van der Waals surface area contributed by atoms with E-state index in [0.717, 1.165) is 31.4 Å². The van der Waals surface area contributed by atoms with Gasteiger partial charge in [0.25, 0.3) is 0 Å². The molecule has 1 aliphatic carbocycles. The minimum atomic E-state index is -0.125. The molecule has 84 valence electrons. The standard InChI is InChI=1S/C12H15BClNO/c13-8-1-6-12(11(14)7-8)15-9-2-4-10(16)5-3-9/h1,6-7,9-10,15-16H,2-5H2. The minimum Gasteiger partial charge on any atom is -0.393 e. The molecule has 2 radical (unpaired) electrons. The topological polar surface area (TPSA) is 32.3 Å². The molecule has 16 heavy (non-hydrogen) atoms. The quantitative estimate of drug-likeness (QED) is 0.767. The number of benzene rings is 1. The summed E-state index contributed by atoms with van der Waals surface area (Å²) in [5.41, 5.74) is 1.60. The lowest BCUT2D eigenvalue weighted by atomic mass is 9.92. The number of aliphatic hydroxyl groups is 1. The van der Waals surface area contributed by atoms with Gasteiger partial charge in [-0.1, -0.05) is 23.1 Å². The second-order valence-electron chi connectivity index (χ2n) is 4.39. The van der Waals surface area contributed by atoms with Crippen LogP contribution in [0.3, 0.4) is 0 Å². The molecule has 0 bridgehead atoms. The second-order valence-corrected chi connectivity index (χ2v) is 4.80. The van der Waals surface area contributed by atoms with Crippen LogP contribution in [-0.4, -0.2) is 25.1 Å². The number of hydrogen-bond donors (Lipinski definition) is 2. The Bertz CT molecular complexity index is 364. The summed E-state index contributed by atoms with van der Waals surface area (Å²) >= 11 is 6.09. The molecule has 2 nitrogen and oxygen atoms in total. The van der Waals surface area contributed by atoms with Crippen molar-refractivity contribution in [2.24, 2.45) is 0 Å². The van der Waals surface area contributed by atoms with E-state index in [0.29, 0.717) is 16.5 Å². The molecule has 0 heterocycles. The first-order valence-corrected chi connectivity index (χ1v) is 6.02. The Morgan fingerprint density at radius 2 is 1.94 bits per heavy atom. The molecule has 4 heteroatoms. The molecule has 0 unspecified atom stereocenters. The van der Waals surface area contributed by atoms with Crippen LogP contribution in [0.15, 0.2) is 18.2 Å². The molecule has 1 aromatic carbocycles. The van der Waals surface area contributed by atoms with Crippen molar-refractivity contribution >= 4 is 30.6 Å². The number of aliphatic hydroxyl groups excluding tert-OH is 1. The molecule has 0 saturated heterocycles. The Balaban J connectivity index is 1.98. The van der Waals surface area contributed by atoms with Crippen LogP contribution in [0.2, 0.25) is 5.02 Å². The zero-order valence-corrected chi connectivity index (χ0v) is 9.87. The summed E-state index contributed by atoms with van der Waals surface area (Å²) in [4.78, 5) is 0. The van der Waals surface area contributed by atoms with E-state index in [1.807, 2.05) is 12.1 Å². The summed E-state index contributed by atoms with van der Waals surface area (Å²) in [5, 5.41) is 13.5. The van der Waals surface area contributed by atoms with E-state index in [9.17, 15) is 5.11 Å². The lowest BCUT2D eigenvalue weighted by Gasteiger charge is -2.27. The van der Waals surface area contributed by atoms with Crippen LogP contribution in [0.5, 0.6) is 0 Å². The van der Waals surface area contributed by atoms with Gasteiger partial charge in [-0.2, -0.15) is 0 Å². The van der Waals surface area contributed by atoms with Gasteiger partial charge in [0.15, 0.2) is 0 Å². The van der Waals surface area contributed by atoms with Gasteiger partial charge in [-0.3, -0.25) is 0 Å². The van der Waals surface area contributed by atoms with Gasteiger partial charge in [0.2, 0.25) is 0 Å². The summed E-state index contributed by atoms with van der Waals surface area (Å²) < 4.78 is 0. The van der Waals surface area contributed by atoms with Gasteiger partial charge in [-0.25, -0.2) is 0 Å². The molecule has 0 atom stereocenters. The normalized spacial score (nSPS) is 25.4. The molecule has 2 rings (SSSR count). The van der Waals surface area contributed by atoms with E-state index in [1.165, 1.54) is 0 Å². The third-order valence-electron chi connectivity index (χ3n) is 3.05. The van der Waals surface area contributed by atoms with Crippen molar-refractivity contribution < 1.29 is 5.11 Å². The van der Waals surface area contributed by atoms with Crippen LogP contribution < -0.4 is 10.8 Å². The van der Waals surface area contributed by atoms with Crippen LogP contribution in [0.25, 0.3) is 0 Å².